The molecule has 0 spiro atoms. The number of hydrogen-bond donors (Lipinski definition) is 1. The van der Waals surface area contributed by atoms with E-state index in [1.807, 2.05) is 12.3 Å². The Hall–Kier alpha value is -0.680. The molecule has 0 heterocycles. The van der Waals surface area contributed by atoms with Crippen LogP contribution in [0.25, 0.3) is 0 Å². The Kier molecular flexibility index (Phi) is 6.57. The number of carbonyl (C=O) groups excluding carboxylic acids is 1. The van der Waals surface area contributed by atoms with E-state index < -0.39 is 0 Å². The first kappa shape index (κ1) is 15.4. The molecule has 1 aromatic carbocycles. The van der Waals surface area contributed by atoms with E-state index in [0.29, 0.717) is 11.3 Å². The van der Waals surface area contributed by atoms with Gasteiger partial charge in [-0.3, -0.25) is 4.79 Å². The number of carbonyl (C=O) groups is 1. The minimum absolute atomic E-state index is 0.0831. The summed E-state index contributed by atoms with van der Waals surface area (Å²) in [6, 6.07) is 5.60. The number of amides is 1. The second-order valence-electron chi connectivity index (χ2n) is 3.88. The maximum absolute atomic E-state index is 12.2. The standard InChI is InChI=1S/C13H18BrNO2S/c1-4-10(8-18-3)15-13(16)11-6-5-9(14)7-12(11)17-2/h5-7,10H,4,8H2,1-3H3,(H,15,16). The Morgan fingerprint density at radius 2 is 2.28 bits per heavy atom. The summed E-state index contributed by atoms with van der Waals surface area (Å²) in [5.74, 6) is 1.42. The predicted molar refractivity (Wildman–Crippen MR) is 80.6 cm³/mol. The molecular formula is C13H18BrNO2S. The minimum Gasteiger partial charge on any atom is -0.496 e. The summed E-state index contributed by atoms with van der Waals surface area (Å²) in [6.45, 7) is 2.07. The molecular weight excluding hydrogens is 314 g/mol. The van der Waals surface area contributed by atoms with Gasteiger partial charge in [-0.05, 0) is 30.9 Å². The summed E-state index contributed by atoms with van der Waals surface area (Å²) in [7, 11) is 1.57. The predicted octanol–water partition coefficient (Wildman–Crippen LogP) is 3.33. The van der Waals surface area contributed by atoms with Crippen LogP contribution in [-0.4, -0.2) is 31.1 Å². The number of nitrogens with one attached hydrogen (secondary N) is 1. The minimum atomic E-state index is -0.0831. The molecule has 1 unspecified atom stereocenters. The summed E-state index contributed by atoms with van der Waals surface area (Å²) in [6.07, 6.45) is 2.96. The summed E-state index contributed by atoms with van der Waals surface area (Å²) in [5.41, 5.74) is 0.570. The van der Waals surface area contributed by atoms with Crippen LogP contribution in [0.5, 0.6) is 5.75 Å². The average molecular weight is 332 g/mol. The summed E-state index contributed by atoms with van der Waals surface area (Å²) < 4.78 is 6.12. The molecule has 1 amide bonds. The number of halogens is 1. The van der Waals surface area contributed by atoms with Gasteiger partial charge in [0.15, 0.2) is 0 Å². The molecule has 1 aromatic rings. The van der Waals surface area contributed by atoms with Crippen LogP contribution in [0.3, 0.4) is 0 Å². The largest absolute Gasteiger partial charge is 0.496 e. The van der Waals surface area contributed by atoms with Gasteiger partial charge in [0.25, 0.3) is 5.91 Å². The molecule has 5 heteroatoms. The van der Waals surface area contributed by atoms with Crippen molar-refractivity contribution >= 4 is 33.6 Å². The Bertz CT molecular complexity index is 412. The highest BCUT2D eigenvalue weighted by atomic mass is 79.9. The summed E-state index contributed by atoms with van der Waals surface area (Å²) in [4.78, 5) is 12.2. The van der Waals surface area contributed by atoms with Crippen LogP contribution in [0.1, 0.15) is 23.7 Å². The lowest BCUT2D eigenvalue weighted by molar-refractivity contribution is 0.0937. The zero-order chi connectivity index (χ0) is 13.5. The maximum atomic E-state index is 12.2. The molecule has 100 valence electrons. The molecule has 1 N–H and O–H groups in total. The molecule has 0 aliphatic carbocycles. The fourth-order valence-electron chi connectivity index (χ4n) is 1.58. The molecule has 3 nitrogen and oxygen atoms in total. The van der Waals surface area contributed by atoms with Gasteiger partial charge in [-0.2, -0.15) is 11.8 Å². The van der Waals surface area contributed by atoms with Gasteiger partial charge in [0.1, 0.15) is 5.75 Å². The van der Waals surface area contributed by atoms with E-state index >= 15 is 0 Å². The Labute approximate surface area is 121 Å². The fraction of sp³-hybridized carbons (Fsp3) is 0.462. The van der Waals surface area contributed by atoms with Crippen LogP contribution >= 0.6 is 27.7 Å². The highest BCUT2D eigenvalue weighted by molar-refractivity contribution is 9.10. The third-order valence-electron chi connectivity index (χ3n) is 2.60. The highest BCUT2D eigenvalue weighted by Crippen LogP contribution is 2.23. The summed E-state index contributed by atoms with van der Waals surface area (Å²) >= 11 is 5.09. The van der Waals surface area contributed by atoms with E-state index in [1.165, 1.54) is 0 Å². The smallest absolute Gasteiger partial charge is 0.255 e. The van der Waals surface area contributed by atoms with Crippen molar-refractivity contribution in [3.63, 3.8) is 0 Å². The maximum Gasteiger partial charge on any atom is 0.255 e. The van der Waals surface area contributed by atoms with Crippen molar-refractivity contribution in [3.05, 3.63) is 28.2 Å². The topological polar surface area (TPSA) is 38.3 Å². The monoisotopic (exact) mass is 331 g/mol. The zero-order valence-electron chi connectivity index (χ0n) is 10.8. The third kappa shape index (κ3) is 4.21. The van der Waals surface area contributed by atoms with Crippen molar-refractivity contribution in [2.24, 2.45) is 0 Å². The fourth-order valence-corrected chi connectivity index (χ4v) is 2.64. The number of thioether (sulfide) groups is 1. The molecule has 0 aliphatic heterocycles. The quantitative estimate of drug-likeness (QED) is 0.868. The number of methoxy groups -OCH3 is 1. The molecule has 0 aromatic heterocycles. The zero-order valence-corrected chi connectivity index (χ0v) is 13.2. The molecule has 18 heavy (non-hydrogen) atoms. The van der Waals surface area contributed by atoms with Crippen LogP contribution < -0.4 is 10.1 Å². The van der Waals surface area contributed by atoms with Crippen molar-refractivity contribution in [2.45, 2.75) is 19.4 Å². The van der Waals surface area contributed by atoms with Gasteiger partial charge in [-0.15, -0.1) is 0 Å². The Morgan fingerprint density at radius 1 is 1.56 bits per heavy atom. The van der Waals surface area contributed by atoms with Crippen LogP contribution in [-0.2, 0) is 0 Å². The first-order chi connectivity index (χ1) is 8.62. The molecule has 0 aliphatic rings. The van der Waals surface area contributed by atoms with Crippen molar-refractivity contribution in [1.82, 2.24) is 5.32 Å². The number of hydrogen-bond acceptors (Lipinski definition) is 3. The second-order valence-corrected chi connectivity index (χ2v) is 5.70. The first-order valence-electron chi connectivity index (χ1n) is 5.75. The number of rotatable bonds is 6. The number of benzene rings is 1. The van der Waals surface area contributed by atoms with E-state index in [2.05, 4.69) is 28.2 Å². The van der Waals surface area contributed by atoms with Crippen LogP contribution in [0.2, 0.25) is 0 Å². The second kappa shape index (κ2) is 7.69. The average Bonchev–Trinajstić information content (AvgIpc) is 2.37. The van der Waals surface area contributed by atoms with Gasteiger partial charge in [-0.1, -0.05) is 22.9 Å². The molecule has 0 fully saturated rings. The normalized spacial score (nSPS) is 12.0. The first-order valence-corrected chi connectivity index (χ1v) is 7.94. The van der Waals surface area contributed by atoms with Gasteiger partial charge in [0.05, 0.1) is 12.7 Å². The van der Waals surface area contributed by atoms with Crippen LogP contribution in [0.15, 0.2) is 22.7 Å². The van der Waals surface area contributed by atoms with E-state index in [4.69, 9.17) is 4.74 Å². The molecule has 0 bridgehead atoms. The van der Waals surface area contributed by atoms with Gasteiger partial charge in [0, 0.05) is 16.3 Å². The van der Waals surface area contributed by atoms with E-state index in [1.54, 1.807) is 31.0 Å². The van der Waals surface area contributed by atoms with Gasteiger partial charge in [0.2, 0.25) is 0 Å². The van der Waals surface area contributed by atoms with E-state index in [-0.39, 0.29) is 11.9 Å². The van der Waals surface area contributed by atoms with Crippen LogP contribution in [0, 0.1) is 0 Å². The molecule has 1 atom stereocenters. The van der Waals surface area contributed by atoms with Gasteiger partial charge < -0.3 is 10.1 Å². The third-order valence-corrected chi connectivity index (χ3v) is 3.83. The van der Waals surface area contributed by atoms with Crippen molar-refractivity contribution in [2.75, 3.05) is 19.1 Å². The van der Waals surface area contributed by atoms with Crippen molar-refractivity contribution in [1.29, 1.82) is 0 Å². The van der Waals surface area contributed by atoms with Crippen LogP contribution in [0.4, 0.5) is 0 Å². The molecule has 0 radical (unpaired) electrons. The van der Waals surface area contributed by atoms with E-state index in [0.717, 1.165) is 16.6 Å². The molecule has 1 rings (SSSR count). The van der Waals surface area contributed by atoms with Crippen molar-refractivity contribution in [3.8, 4) is 5.75 Å². The lowest BCUT2D eigenvalue weighted by Gasteiger charge is -2.17. The lowest BCUT2D eigenvalue weighted by atomic mass is 10.1. The summed E-state index contributed by atoms with van der Waals surface area (Å²) in [5, 5.41) is 3.02. The van der Waals surface area contributed by atoms with Crippen molar-refractivity contribution < 1.29 is 9.53 Å². The lowest BCUT2D eigenvalue weighted by Crippen LogP contribution is -2.36. The van der Waals surface area contributed by atoms with E-state index in [9.17, 15) is 4.79 Å². The van der Waals surface area contributed by atoms with Gasteiger partial charge >= 0.3 is 0 Å². The van der Waals surface area contributed by atoms with Gasteiger partial charge in [-0.25, -0.2) is 0 Å². The molecule has 0 saturated carbocycles. The highest BCUT2D eigenvalue weighted by Gasteiger charge is 2.15. The number of ether oxygens (including phenoxy) is 1. The Balaban J connectivity index is 2.83. The SMILES string of the molecule is CCC(CSC)NC(=O)c1ccc(Br)cc1OC. The Morgan fingerprint density at radius 3 is 2.83 bits per heavy atom. The molecule has 0 saturated heterocycles.